The van der Waals surface area contributed by atoms with Crippen molar-refractivity contribution in [2.45, 2.75) is 36.6 Å². The fraction of sp³-hybridized carbons (Fsp3) is 0.533. The molecule has 3 heteroatoms. The largest absolute Gasteiger partial charge is 0.349 e. The van der Waals surface area contributed by atoms with Crippen molar-refractivity contribution in [1.29, 1.82) is 0 Å². The number of carbonyl (C=O) groups is 1. The van der Waals surface area contributed by atoms with E-state index in [0.29, 0.717) is 6.04 Å². The first-order valence-corrected chi connectivity index (χ1v) is 7.94. The van der Waals surface area contributed by atoms with Gasteiger partial charge in [0.1, 0.15) is 0 Å². The lowest BCUT2D eigenvalue weighted by Gasteiger charge is -2.23. The van der Waals surface area contributed by atoms with E-state index in [2.05, 4.69) is 5.32 Å². The topological polar surface area (TPSA) is 29.1 Å². The van der Waals surface area contributed by atoms with Crippen LogP contribution in [0.5, 0.6) is 0 Å². The van der Waals surface area contributed by atoms with Gasteiger partial charge in [0.2, 0.25) is 0 Å². The van der Waals surface area contributed by atoms with Crippen molar-refractivity contribution in [3.8, 4) is 0 Å². The molecule has 2 aliphatic rings. The average molecular weight is 261 g/mol. The van der Waals surface area contributed by atoms with E-state index in [9.17, 15) is 4.79 Å². The monoisotopic (exact) mass is 261 g/mol. The van der Waals surface area contributed by atoms with Crippen molar-refractivity contribution in [3.05, 3.63) is 29.8 Å². The zero-order valence-electron chi connectivity index (χ0n) is 10.7. The lowest BCUT2D eigenvalue weighted by Crippen LogP contribution is -2.38. The zero-order chi connectivity index (χ0) is 12.5. The molecule has 2 nitrogen and oxygen atoms in total. The van der Waals surface area contributed by atoms with Gasteiger partial charge in [-0.3, -0.25) is 4.79 Å². The van der Waals surface area contributed by atoms with Gasteiger partial charge < -0.3 is 5.32 Å². The Balaban J connectivity index is 1.71. The molecule has 1 aromatic rings. The minimum Gasteiger partial charge on any atom is -0.349 e. The molecule has 96 valence electrons. The fourth-order valence-corrected chi connectivity index (χ4v) is 4.10. The Morgan fingerprint density at radius 2 is 2.11 bits per heavy atom. The number of fused-ring (bicyclic) bond motifs is 2. The van der Waals surface area contributed by atoms with Crippen molar-refractivity contribution in [2.24, 2.45) is 11.8 Å². The summed E-state index contributed by atoms with van der Waals surface area (Å²) < 4.78 is 0. The lowest BCUT2D eigenvalue weighted by atomic mass is 9.95. The van der Waals surface area contributed by atoms with Crippen molar-refractivity contribution in [1.82, 2.24) is 5.32 Å². The number of amides is 1. The maximum atomic E-state index is 12.3. The van der Waals surface area contributed by atoms with Gasteiger partial charge in [-0.25, -0.2) is 0 Å². The highest BCUT2D eigenvalue weighted by molar-refractivity contribution is 7.98. The number of nitrogens with one attached hydrogen (secondary N) is 1. The fourth-order valence-electron chi connectivity index (χ4n) is 3.50. The van der Waals surface area contributed by atoms with Gasteiger partial charge in [-0.15, -0.1) is 11.8 Å². The molecule has 0 radical (unpaired) electrons. The smallest absolute Gasteiger partial charge is 0.252 e. The van der Waals surface area contributed by atoms with Crippen LogP contribution in [0.2, 0.25) is 0 Å². The summed E-state index contributed by atoms with van der Waals surface area (Å²) in [4.78, 5) is 13.4. The van der Waals surface area contributed by atoms with Gasteiger partial charge in [-0.2, -0.15) is 0 Å². The van der Waals surface area contributed by atoms with Crippen molar-refractivity contribution in [2.75, 3.05) is 6.26 Å². The molecule has 0 unspecified atom stereocenters. The molecule has 2 aliphatic carbocycles. The Bertz CT molecular complexity index is 460. The highest BCUT2D eigenvalue weighted by atomic mass is 32.2. The third-order valence-electron chi connectivity index (χ3n) is 4.41. The Hall–Kier alpha value is -0.960. The molecule has 1 aromatic carbocycles. The Morgan fingerprint density at radius 1 is 1.28 bits per heavy atom. The highest BCUT2D eigenvalue weighted by Crippen LogP contribution is 2.44. The van der Waals surface area contributed by atoms with Gasteiger partial charge in [0.15, 0.2) is 0 Å². The summed E-state index contributed by atoms with van der Waals surface area (Å²) in [6.45, 7) is 0. The lowest BCUT2D eigenvalue weighted by molar-refractivity contribution is 0.0920. The molecular formula is C15H19NOS. The van der Waals surface area contributed by atoms with Gasteiger partial charge in [0, 0.05) is 10.9 Å². The molecule has 0 saturated heterocycles. The number of hydrogen-bond donors (Lipinski definition) is 1. The zero-order valence-corrected chi connectivity index (χ0v) is 11.5. The van der Waals surface area contributed by atoms with Crippen LogP contribution in [0.25, 0.3) is 0 Å². The van der Waals surface area contributed by atoms with E-state index in [1.54, 1.807) is 11.8 Å². The van der Waals surface area contributed by atoms with Crippen molar-refractivity contribution >= 4 is 17.7 Å². The molecular weight excluding hydrogens is 242 g/mol. The Kier molecular flexibility index (Phi) is 3.33. The quantitative estimate of drug-likeness (QED) is 0.846. The standard InChI is InChI=1S/C15H19NOS/c1-18-14-5-3-2-4-12(14)15(17)16-13-9-10-6-7-11(13)8-10/h2-5,10-11,13H,6-9H2,1H3,(H,16,17)/t10-,11+,13+/m0/s1. The maximum absolute atomic E-state index is 12.3. The first-order chi connectivity index (χ1) is 8.78. The Morgan fingerprint density at radius 3 is 2.78 bits per heavy atom. The van der Waals surface area contributed by atoms with E-state index in [1.165, 1.54) is 25.7 Å². The molecule has 2 saturated carbocycles. The van der Waals surface area contributed by atoms with Crippen molar-refractivity contribution < 1.29 is 4.79 Å². The molecule has 0 heterocycles. The maximum Gasteiger partial charge on any atom is 0.252 e. The van der Waals surface area contributed by atoms with Gasteiger partial charge in [-0.05, 0) is 49.5 Å². The number of hydrogen-bond acceptors (Lipinski definition) is 2. The van der Waals surface area contributed by atoms with E-state index in [0.717, 1.165) is 22.3 Å². The van der Waals surface area contributed by atoms with Crippen LogP contribution in [0.4, 0.5) is 0 Å². The summed E-state index contributed by atoms with van der Waals surface area (Å²) in [6, 6.07) is 8.29. The van der Waals surface area contributed by atoms with Gasteiger partial charge in [-0.1, -0.05) is 18.6 Å². The highest BCUT2D eigenvalue weighted by Gasteiger charge is 2.40. The van der Waals surface area contributed by atoms with Crippen LogP contribution in [-0.4, -0.2) is 18.2 Å². The number of carbonyl (C=O) groups excluding carboxylic acids is 1. The molecule has 0 spiro atoms. The van der Waals surface area contributed by atoms with E-state index in [1.807, 2.05) is 30.5 Å². The first-order valence-electron chi connectivity index (χ1n) is 6.72. The van der Waals surface area contributed by atoms with Crippen LogP contribution >= 0.6 is 11.8 Å². The molecule has 3 rings (SSSR count). The minimum absolute atomic E-state index is 0.109. The molecule has 1 amide bonds. The van der Waals surface area contributed by atoms with E-state index < -0.39 is 0 Å². The van der Waals surface area contributed by atoms with Crippen LogP contribution in [0.3, 0.4) is 0 Å². The second kappa shape index (κ2) is 4.96. The van der Waals surface area contributed by atoms with Crippen LogP contribution in [0.1, 0.15) is 36.0 Å². The summed E-state index contributed by atoms with van der Waals surface area (Å²) in [5, 5.41) is 3.25. The van der Waals surface area contributed by atoms with Crippen molar-refractivity contribution in [3.63, 3.8) is 0 Å². The number of rotatable bonds is 3. The van der Waals surface area contributed by atoms with Crippen LogP contribution in [0.15, 0.2) is 29.2 Å². The number of benzene rings is 1. The average Bonchev–Trinajstić information content (AvgIpc) is 3.01. The SMILES string of the molecule is CSc1ccccc1C(=O)N[C@@H]1C[C@H]2CC[C@@H]1C2. The first kappa shape index (κ1) is 12.1. The molecule has 18 heavy (non-hydrogen) atoms. The normalized spacial score (nSPS) is 29.5. The van der Waals surface area contributed by atoms with Gasteiger partial charge in [0.05, 0.1) is 5.56 Å². The summed E-state index contributed by atoms with van der Waals surface area (Å²) in [5.41, 5.74) is 0.827. The second-order valence-electron chi connectivity index (χ2n) is 5.46. The molecule has 2 bridgehead atoms. The number of thioether (sulfide) groups is 1. The summed E-state index contributed by atoms with van der Waals surface area (Å²) in [5.74, 6) is 1.72. The third kappa shape index (κ3) is 2.16. The summed E-state index contributed by atoms with van der Waals surface area (Å²) in [6.07, 6.45) is 7.22. The molecule has 0 aromatic heterocycles. The predicted octanol–water partition coefficient (Wildman–Crippen LogP) is 3.33. The molecule has 1 N–H and O–H groups in total. The summed E-state index contributed by atoms with van der Waals surface area (Å²) in [7, 11) is 0. The van der Waals surface area contributed by atoms with Crippen LogP contribution in [0, 0.1) is 11.8 Å². The van der Waals surface area contributed by atoms with E-state index in [4.69, 9.17) is 0 Å². The molecule has 0 aliphatic heterocycles. The third-order valence-corrected chi connectivity index (χ3v) is 5.20. The van der Waals surface area contributed by atoms with Gasteiger partial charge >= 0.3 is 0 Å². The summed E-state index contributed by atoms with van der Waals surface area (Å²) >= 11 is 1.64. The van der Waals surface area contributed by atoms with Crippen LogP contribution < -0.4 is 5.32 Å². The molecule has 2 fully saturated rings. The van der Waals surface area contributed by atoms with Gasteiger partial charge in [0.25, 0.3) is 5.91 Å². The van der Waals surface area contributed by atoms with E-state index >= 15 is 0 Å². The molecule has 3 atom stereocenters. The van der Waals surface area contributed by atoms with E-state index in [-0.39, 0.29) is 5.91 Å². The second-order valence-corrected chi connectivity index (χ2v) is 6.30. The predicted molar refractivity (Wildman–Crippen MR) is 74.9 cm³/mol. The van der Waals surface area contributed by atoms with Crippen LogP contribution in [-0.2, 0) is 0 Å². The minimum atomic E-state index is 0.109. The Labute approximate surface area is 113 Å².